The summed E-state index contributed by atoms with van der Waals surface area (Å²) in [4.78, 5) is 3.86. The van der Waals surface area contributed by atoms with E-state index in [-0.39, 0.29) is 16.3 Å². The Labute approximate surface area is 101 Å². The van der Waals surface area contributed by atoms with Crippen molar-refractivity contribution in [3.05, 3.63) is 34.8 Å². The fourth-order valence-corrected chi connectivity index (χ4v) is 1.23. The predicted molar refractivity (Wildman–Crippen MR) is 66.3 cm³/mol. The van der Waals surface area contributed by atoms with Crippen LogP contribution in [0.2, 0.25) is 5.15 Å². The predicted octanol–water partition coefficient (Wildman–Crippen LogP) is 2.87. The van der Waals surface area contributed by atoms with Crippen molar-refractivity contribution < 1.29 is 5.11 Å². The maximum absolute atomic E-state index is 9.38. The molecule has 0 atom stereocenters. The number of halogens is 1. The summed E-state index contributed by atoms with van der Waals surface area (Å²) in [5.74, 6) is 0.00176. The minimum absolute atomic E-state index is 0.00176. The lowest BCUT2D eigenvalue weighted by Crippen LogP contribution is -2.17. The number of aromatic nitrogens is 1. The molecule has 0 aliphatic rings. The van der Waals surface area contributed by atoms with E-state index in [0.29, 0.717) is 6.42 Å². The lowest BCUT2D eigenvalue weighted by atomic mass is 9.91. The van der Waals surface area contributed by atoms with Gasteiger partial charge in [0.2, 0.25) is 0 Å². The molecule has 0 aliphatic heterocycles. The second-order valence-corrected chi connectivity index (χ2v) is 5.13. The van der Waals surface area contributed by atoms with Crippen molar-refractivity contribution in [3.8, 4) is 5.75 Å². The van der Waals surface area contributed by atoms with Crippen molar-refractivity contribution in [2.45, 2.75) is 27.2 Å². The first-order valence-corrected chi connectivity index (χ1v) is 5.48. The van der Waals surface area contributed by atoms with Crippen LogP contribution < -0.4 is 5.73 Å². The normalized spacial score (nSPS) is 12.9. The van der Waals surface area contributed by atoms with E-state index in [4.69, 9.17) is 17.3 Å². The Balaban J connectivity index is 2.79. The van der Waals surface area contributed by atoms with Crippen molar-refractivity contribution in [3.63, 3.8) is 0 Å². The topological polar surface area (TPSA) is 59.1 Å². The molecule has 0 aromatic carbocycles. The Bertz CT molecular complexity index is 408. The molecule has 0 bridgehead atoms. The minimum atomic E-state index is -0.0398. The molecule has 0 saturated carbocycles. The van der Waals surface area contributed by atoms with Gasteiger partial charge in [0, 0.05) is 17.3 Å². The largest absolute Gasteiger partial charge is 0.505 e. The SMILES string of the molecule is CC(C)(C)C(N)=CCc1cnc(Cl)c(O)c1. The summed E-state index contributed by atoms with van der Waals surface area (Å²) in [5.41, 5.74) is 7.58. The first-order valence-electron chi connectivity index (χ1n) is 5.10. The molecule has 0 aliphatic carbocycles. The summed E-state index contributed by atoms with van der Waals surface area (Å²) in [6, 6.07) is 1.60. The molecule has 1 aromatic heterocycles. The zero-order valence-corrected chi connectivity index (χ0v) is 10.5. The van der Waals surface area contributed by atoms with Crippen LogP contribution in [-0.2, 0) is 6.42 Å². The number of rotatable bonds is 2. The molecule has 0 amide bonds. The Morgan fingerprint density at radius 1 is 1.56 bits per heavy atom. The standard InChI is InChI=1S/C12H17ClN2O/c1-12(2,3)10(14)5-4-8-6-9(16)11(13)15-7-8/h5-7,16H,4,14H2,1-3H3. The van der Waals surface area contributed by atoms with E-state index in [0.717, 1.165) is 11.3 Å². The van der Waals surface area contributed by atoms with Crippen molar-refractivity contribution in [1.29, 1.82) is 0 Å². The van der Waals surface area contributed by atoms with E-state index in [1.54, 1.807) is 12.3 Å². The highest BCUT2D eigenvalue weighted by atomic mass is 35.5. The molecule has 0 fully saturated rings. The van der Waals surface area contributed by atoms with Gasteiger partial charge >= 0.3 is 0 Å². The summed E-state index contributed by atoms with van der Waals surface area (Å²) >= 11 is 5.61. The Kier molecular flexibility index (Phi) is 3.81. The van der Waals surface area contributed by atoms with Crippen LogP contribution in [0.5, 0.6) is 5.75 Å². The minimum Gasteiger partial charge on any atom is -0.505 e. The van der Waals surface area contributed by atoms with Gasteiger partial charge in [-0.1, -0.05) is 38.4 Å². The monoisotopic (exact) mass is 240 g/mol. The number of pyridine rings is 1. The molecule has 0 saturated heterocycles. The van der Waals surface area contributed by atoms with Crippen LogP contribution in [0.15, 0.2) is 24.0 Å². The fourth-order valence-electron chi connectivity index (χ4n) is 1.12. The summed E-state index contributed by atoms with van der Waals surface area (Å²) in [6.07, 6.45) is 4.21. The van der Waals surface area contributed by atoms with Crippen LogP contribution in [0, 0.1) is 5.41 Å². The molecule has 1 rings (SSSR count). The fraction of sp³-hybridized carbons (Fsp3) is 0.417. The molecule has 88 valence electrons. The molecule has 0 radical (unpaired) electrons. The average molecular weight is 241 g/mol. The van der Waals surface area contributed by atoms with Crippen LogP contribution in [0.4, 0.5) is 0 Å². The highest BCUT2D eigenvalue weighted by molar-refractivity contribution is 6.30. The molecule has 1 aromatic rings. The lowest BCUT2D eigenvalue weighted by Gasteiger charge is -2.18. The first kappa shape index (κ1) is 12.8. The number of nitrogens with two attached hydrogens (primary N) is 1. The quantitative estimate of drug-likeness (QED) is 0.782. The number of nitrogens with zero attached hydrogens (tertiary/aromatic N) is 1. The number of hydrogen-bond donors (Lipinski definition) is 2. The van der Waals surface area contributed by atoms with Crippen molar-refractivity contribution in [1.82, 2.24) is 4.98 Å². The maximum atomic E-state index is 9.38. The van der Waals surface area contributed by atoms with Crippen LogP contribution >= 0.6 is 11.6 Å². The third kappa shape index (κ3) is 3.42. The molecule has 0 spiro atoms. The molecule has 1 heterocycles. The second-order valence-electron chi connectivity index (χ2n) is 4.77. The van der Waals surface area contributed by atoms with Crippen molar-refractivity contribution in [2.24, 2.45) is 11.1 Å². The third-order valence-electron chi connectivity index (χ3n) is 2.30. The first-order chi connectivity index (χ1) is 7.30. The van der Waals surface area contributed by atoms with Gasteiger partial charge in [0.05, 0.1) is 0 Å². The molecule has 0 unspecified atom stereocenters. The summed E-state index contributed by atoms with van der Waals surface area (Å²) < 4.78 is 0. The van der Waals surface area contributed by atoms with E-state index in [1.165, 1.54) is 0 Å². The Morgan fingerprint density at radius 3 is 2.69 bits per heavy atom. The van der Waals surface area contributed by atoms with Gasteiger partial charge in [0.1, 0.15) is 0 Å². The summed E-state index contributed by atoms with van der Waals surface area (Å²) in [7, 11) is 0. The number of aromatic hydroxyl groups is 1. The van der Waals surface area contributed by atoms with Crippen molar-refractivity contribution >= 4 is 11.6 Å². The van der Waals surface area contributed by atoms with Crippen LogP contribution in [0.1, 0.15) is 26.3 Å². The molecule has 16 heavy (non-hydrogen) atoms. The lowest BCUT2D eigenvalue weighted by molar-refractivity contribution is 0.472. The van der Waals surface area contributed by atoms with Gasteiger partial charge in [-0.15, -0.1) is 0 Å². The smallest absolute Gasteiger partial charge is 0.170 e. The van der Waals surface area contributed by atoms with Gasteiger partial charge in [-0.3, -0.25) is 0 Å². The van der Waals surface area contributed by atoms with Crippen LogP contribution in [0.25, 0.3) is 0 Å². The van der Waals surface area contributed by atoms with Crippen LogP contribution in [0.3, 0.4) is 0 Å². The number of hydrogen-bond acceptors (Lipinski definition) is 3. The van der Waals surface area contributed by atoms with E-state index in [2.05, 4.69) is 25.8 Å². The van der Waals surface area contributed by atoms with Gasteiger partial charge in [-0.2, -0.15) is 0 Å². The van der Waals surface area contributed by atoms with Gasteiger partial charge in [-0.05, 0) is 18.1 Å². The van der Waals surface area contributed by atoms with E-state index in [9.17, 15) is 5.11 Å². The second kappa shape index (κ2) is 4.74. The van der Waals surface area contributed by atoms with Gasteiger partial charge in [-0.25, -0.2) is 4.98 Å². The molecular formula is C12H17ClN2O. The summed E-state index contributed by atoms with van der Waals surface area (Å²) in [5, 5.41) is 9.50. The number of allylic oxidation sites excluding steroid dienone is 2. The highest BCUT2D eigenvalue weighted by Gasteiger charge is 2.13. The average Bonchev–Trinajstić information content (AvgIpc) is 2.18. The molecule has 4 heteroatoms. The Hall–Kier alpha value is -1.22. The molecule has 3 N–H and O–H groups in total. The molecular weight excluding hydrogens is 224 g/mol. The van der Waals surface area contributed by atoms with E-state index in [1.807, 2.05) is 6.08 Å². The zero-order chi connectivity index (χ0) is 12.3. The van der Waals surface area contributed by atoms with Gasteiger partial charge in [0.15, 0.2) is 10.9 Å². The third-order valence-corrected chi connectivity index (χ3v) is 2.59. The summed E-state index contributed by atoms with van der Waals surface area (Å²) in [6.45, 7) is 6.16. The highest BCUT2D eigenvalue weighted by Crippen LogP contribution is 2.23. The van der Waals surface area contributed by atoms with E-state index >= 15 is 0 Å². The van der Waals surface area contributed by atoms with Crippen LogP contribution in [-0.4, -0.2) is 10.1 Å². The maximum Gasteiger partial charge on any atom is 0.170 e. The van der Waals surface area contributed by atoms with Gasteiger partial charge < -0.3 is 10.8 Å². The van der Waals surface area contributed by atoms with Crippen molar-refractivity contribution in [2.75, 3.05) is 0 Å². The van der Waals surface area contributed by atoms with Gasteiger partial charge in [0.25, 0.3) is 0 Å². The molecule has 3 nitrogen and oxygen atoms in total. The van der Waals surface area contributed by atoms with E-state index < -0.39 is 0 Å². The Morgan fingerprint density at radius 2 is 2.19 bits per heavy atom. The zero-order valence-electron chi connectivity index (χ0n) is 9.79.